The van der Waals surface area contributed by atoms with Gasteiger partial charge in [0.25, 0.3) is 0 Å². The SMILES string of the molecule is Oc1ccc(C2=NC2c2ccccc2)cc1. The summed E-state index contributed by atoms with van der Waals surface area (Å²) in [4.78, 5) is 4.46. The van der Waals surface area contributed by atoms with E-state index in [0.717, 1.165) is 11.3 Å². The summed E-state index contributed by atoms with van der Waals surface area (Å²) in [5.74, 6) is 0.293. The van der Waals surface area contributed by atoms with Crippen LogP contribution in [0.2, 0.25) is 0 Å². The lowest BCUT2D eigenvalue weighted by atomic mass is 10.0. The van der Waals surface area contributed by atoms with Crippen molar-refractivity contribution in [1.29, 1.82) is 0 Å². The molecule has 0 bridgehead atoms. The molecular weight excluding hydrogens is 198 g/mol. The molecular formula is C14H11NO. The summed E-state index contributed by atoms with van der Waals surface area (Å²) in [6.45, 7) is 0. The van der Waals surface area contributed by atoms with Gasteiger partial charge < -0.3 is 5.11 Å². The van der Waals surface area contributed by atoms with E-state index in [1.165, 1.54) is 5.56 Å². The molecule has 2 heteroatoms. The number of benzene rings is 2. The molecule has 1 atom stereocenters. The highest BCUT2D eigenvalue weighted by molar-refractivity contribution is 6.13. The Balaban J connectivity index is 1.81. The quantitative estimate of drug-likeness (QED) is 0.810. The summed E-state index contributed by atoms with van der Waals surface area (Å²) >= 11 is 0. The first-order valence-electron chi connectivity index (χ1n) is 5.26. The number of aliphatic imine (C=N–C) groups is 1. The molecule has 0 saturated carbocycles. The van der Waals surface area contributed by atoms with Gasteiger partial charge in [-0.25, -0.2) is 0 Å². The molecule has 3 rings (SSSR count). The Hall–Kier alpha value is -2.09. The Bertz CT molecular complexity index is 528. The lowest BCUT2D eigenvalue weighted by molar-refractivity contribution is 0.475. The highest BCUT2D eigenvalue weighted by Crippen LogP contribution is 2.34. The largest absolute Gasteiger partial charge is 0.508 e. The lowest BCUT2D eigenvalue weighted by Crippen LogP contribution is -1.92. The standard InChI is InChI=1S/C14H11NO/c16-12-8-6-11(7-9-12)14-13(15-14)10-4-2-1-3-5-10/h1-9,13,16H. The second kappa shape index (κ2) is 3.49. The summed E-state index contributed by atoms with van der Waals surface area (Å²) in [7, 11) is 0. The van der Waals surface area contributed by atoms with Crippen molar-refractivity contribution in [2.45, 2.75) is 6.04 Å². The maximum atomic E-state index is 9.20. The van der Waals surface area contributed by atoms with Crippen LogP contribution in [-0.2, 0) is 0 Å². The molecule has 1 heterocycles. The van der Waals surface area contributed by atoms with Crippen LogP contribution in [0.5, 0.6) is 5.75 Å². The van der Waals surface area contributed by atoms with E-state index >= 15 is 0 Å². The average Bonchev–Trinajstić information content (AvgIpc) is 3.11. The van der Waals surface area contributed by atoms with Crippen molar-refractivity contribution in [2.24, 2.45) is 4.99 Å². The maximum absolute atomic E-state index is 9.20. The third-order valence-electron chi connectivity index (χ3n) is 2.74. The van der Waals surface area contributed by atoms with Crippen molar-refractivity contribution in [3.63, 3.8) is 0 Å². The molecule has 0 saturated heterocycles. The Kier molecular flexibility index (Phi) is 2.00. The molecule has 78 valence electrons. The van der Waals surface area contributed by atoms with Gasteiger partial charge in [-0.15, -0.1) is 0 Å². The molecule has 0 aromatic heterocycles. The van der Waals surface area contributed by atoms with E-state index in [-0.39, 0.29) is 6.04 Å². The van der Waals surface area contributed by atoms with Gasteiger partial charge in [-0.2, -0.15) is 0 Å². The number of hydrogen-bond donors (Lipinski definition) is 1. The molecule has 0 aliphatic carbocycles. The van der Waals surface area contributed by atoms with Crippen molar-refractivity contribution < 1.29 is 5.11 Å². The van der Waals surface area contributed by atoms with E-state index in [0.29, 0.717) is 5.75 Å². The van der Waals surface area contributed by atoms with Crippen LogP contribution >= 0.6 is 0 Å². The van der Waals surface area contributed by atoms with Crippen molar-refractivity contribution in [1.82, 2.24) is 0 Å². The van der Waals surface area contributed by atoms with Gasteiger partial charge in [0.2, 0.25) is 0 Å². The van der Waals surface area contributed by atoms with E-state index in [1.54, 1.807) is 12.1 Å². The summed E-state index contributed by atoms with van der Waals surface area (Å²) in [5, 5.41) is 9.20. The van der Waals surface area contributed by atoms with Crippen LogP contribution in [0.25, 0.3) is 0 Å². The Morgan fingerprint density at radius 2 is 1.56 bits per heavy atom. The van der Waals surface area contributed by atoms with Gasteiger partial charge in [0, 0.05) is 0 Å². The summed E-state index contributed by atoms with van der Waals surface area (Å²) in [6.07, 6.45) is 0. The predicted octanol–water partition coefficient (Wildman–Crippen LogP) is 2.94. The zero-order valence-corrected chi connectivity index (χ0v) is 8.67. The third kappa shape index (κ3) is 1.58. The van der Waals surface area contributed by atoms with Crippen molar-refractivity contribution in [3.8, 4) is 5.75 Å². The van der Waals surface area contributed by atoms with E-state index in [2.05, 4.69) is 17.1 Å². The topological polar surface area (TPSA) is 32.6 Å². The molecule has 2 aromatic carbocycles. The Morgan fingerprint density at radius 3 is 2.25 bits per heavy atom. The number of hydrogen-bond acceptors (Lipinski definition) is 2. The minimum atomic E-state index is 0.214. The molecule has 0 amide bonds. The van der Waals surface area contributed by atoms with Crippen molar-refractivity contribution in [3.05, 3.63) is 65.7 Å². The number of rotatable bonds is 2. The molecule has 1 aliphatic rings. The molecule has 2 nitrogen and oxygen atoms in total. The summed E-state index contributed by atoms with van der Waals surface area (Å²) in [6, 6.07) is 17.6. The van der Waals surface area contributed by atoms with Gasteiger partial charge in [0.1, 0.15) is 11.8 Å². The molecule has 1 aliphatic heterocycles. The minimum Gasteiger partial charge on any atom is -0.508 e. The molecule has 0 spiro atoms. The second-order valence-electron chi connectivity index (χ2n) is 3.87. The van der Waals surface area contributed by atoms with Gasteiger partial charge in [-0.3, -0.25) is 4.99 Å². The second-order valence-corrected chi connectivity index (χ2v) is 3.87. The van der Waals surface area contributed by atoms with Crippen molar-refractivity contribution in [2.75, 3.05) is 0 Å². The first-order valence-corrected chi connectivity index (χ1v) is 5.26. The third-order valence-corrected chi connectivity index (χ3v) is 2.74. The van der Waals surface area contributed by atoms with Gasteiger partial charge in [0.05, 0.1) is 5.71 Å². The lowest BCUT2D eigenvalue weighted by Gasteiger charge is -1.98. The highest BCUT2D eigenvalue weighted by atomic mass is 16.3. The first kappa shape index (κ1) is 9.16. The summed E-state index contributed by atoms with van der Waals surface area (Å²) in [5.41, 5.74) is 3.42. The first-order chi connectivity index (χ1) is 7.84. The average molecular weight is 209 g/mol. The smallest absolute Gasteiger partial charge is 0.118 e. The fourth-order valence-electron chi connectivity index (χ4n) is 1.83. The van der Waals surface area contributed by atoms with Crippen LogP contribution in [-0.4, -0.2) is 10.8 Å². The van der Waals surface area contributed by atoms with E-state index in [9.17, 15) is 5.11 Å². The van der Waals surface area contributed by atoms with Gasteiger partial charge >= 0.3 is 0 Å². The van der Waals surface area contributed by atoms with Gasteiger partial charge in [-0.05, 0) is 35.4 Å². The zero-order valence-electron chi connectivity index (χ0n) is 8.67. The van der Waals surface area contributed by atoms with Crippen LogP contribution in [0.3, 0.4) is 0 Å². The van der Waals surface area contributed by atoms with Crippen LogP contribution in [0, 0.1) is 0 Å². The van der Waals surface area contributed by atoms with Crippen LogP contribution in [0.4, 0.5) is 0 Å². The molecule has 0 radical (unpaired) electrons. The Morgan fingerprint density at radius 1 is 0.875 bits per heavy atom. The number of phenolic OH excluding ortho intramolecular Hbond substituents is 1. The van der Waals surface area contributed by atoms with Gasteiger partial charge in [0.15, 0.2) is 0 Å². The Labute approximate surface area is 93.9 Å². The maximum Gasteiger partial charge on any atom is 0.118 e. The predicted molar refractivity (Wildman–Crippen MR) is 63.8 cm³/mol. The van der Waals surface area contributed by atoms with E-state index in [1.807, 2.05) is 30.3 Å². The van der Waals surface area contributed by atoms with Gasteiger partial charge in [-0.1, -0.05) is 30.3 Å². The van der Waals surface area contributed by atoms with Crippen LogP contribution in [0.1, 0.15) is 17.2 Å². The molecule has 0 fully saturated rings. The number of phenols is 1. The minimum absolute atomic E-state index is 0.214. The normalized spacial score (nSPS) is 18.0. The molecule has 1 N–H and O–H groups in total. The molecule has 2 aromatic rings. The van der Waals surface area contributed by atoms with Crippen LogP contribution < -0.4 is 0 Å². The molecule has 1 unspecified atom stereocenters. The monoisotopic (exact) mass is 209 g/mol. The zero-order chi connectivity index (χ0) is 11.0. The molecule has 16 heavy (non-hydrogen) atoms. The number of nitrogens with zero attached hydrogens (tertiary/aromatic N) is 1. The number of aromatic hydroxyl groups is 1. The van der Waals surface area contributed by atoms with E-state index in [4.69, 9.17) is 0 Å². The van der Waals surface area contributed by atoms with Crippen LogP contribution in [0.15, 0.2) is 59.6 Å². The summed E-state index contributed by atoms with van der Waals surface area (Å²) < 4.78 is 0. The fraction of sp³-hybridized carbons (Fsp3) is 0.0714. The van der Waals surface area contributed by atoms with E-state index < -0.39 is 0 Å². The van der Waals surface area contributed by atoms with Crippen molar-refractivity contribution >= 4 is 5.71 Å². The fourth-order valence-corrected chi connectivity index (χ4v) is 1.83. The highest BCUT2D eigenvalue weighted by Gasteiger charge is 2.29.